The second-order valence-electron chi connectivity index (χ2n) is 7.05. The number of carbonyl (C=O) groups is 3. The van der Waals surface area contributed by atoms with Gasteiger partial charge in [-0.25, -0.2) is 9.59 Å². The molecule has 0 fully saturated rings. The van der Waals surface area contributed by atoms with Gasteiger partial charge in [0.2, 0.25) is 5.78 Å². The molecular weight excluding hydrogens is 440 g/mol. The highest BCUT2D eigenvalue weighted by atomic mass is 32.2. The molecular formula is C25H22N2O5S. The third-order valence-corrected chi connectivity index (χ3v) is 6.02. The van der Waals surface area contributed by atoms with Gasteiger partial charge in [0.25, 0.3) is 0 Å². The number of ketones is 1. The molecule has 0 saturated heterocycles. The lowest BCUT2D eigenvalue weighted by atomic mass is 10.1. The predicted octanol–water partition coefficient (Wildman–Crippen LogP) is 4.87. The van der Waals surface area contributed by atoms with Crippen LogP contribution in [-0.2, 0) is 9.47 Å². The number of esters is 2. The average molecular weight is 463 g/mol. The summed E-state index contributed by atoms with van der Waals surface area (Å²) in [4.78, 5) is 41.8. The van der Waals surface area contributed by atoms with Crippen molar-refractivity contribution in [2.24, 2.45) is 0 Å². The van der Waals surface area contributed by atoms with E-state index >= 15 is 0 Å². The van der Waals surface area contributed by atoms with Gasteiger partial charge in [-0.1, -0.05) is 36.0 Å². The molecule has 33 heavy (non-hydrogen) atoms. The van der Waals surface area contributed by atoms with Gasteiger partial charge in [-0.2, -0.15) is 5.26 Å². The Morgan fingerprint density at radius 1 is 0.970 bits per heavy atom. The maximum Gasteiger partial charge on any atom is 0.340 e. The number of nitriles is 1. The van der Waals surface area contributed by atoms with Crippen molar-refractivity contribution in [3.8, 4) is 6.07 Å². The van der Waals surface area contributed by atoms with E-state index in [1.54, 1.807) is 63.2 Å². The average Bonchev–Trinajstić information content (AvgIpc) is 3.12. The number of aryl methyl sites for hydroxylation is 1. The Hall–Kier alpha value is -3.83. The minimum absolute atomic E-state index is 0.203. The lowest BCUT2D eigenvalue weighted by Gasteiger charge is -2.10. The van der Waals surface area contributed by atoms with E-state index in [0.29, 0.717) is 32.2 Å². The first kappa shape index (κ1) is 23.8. The molecule has 2 aromatic carbocycles. The minimum Gasteiger partial charge on any atom is -0.462 e. The van der Waals surface area contributed by atoms with E-state index in [4.69, 9.17) is 9.47 Å². The Kier molecular flexibility index (Phi) is 7.70. The number of benzene rings is 2. The molecule has 3 aromatic rings. The lowest BCUT2D eigenvalue weighted by Crippen LogP contribution is -2.16. The molecule has 0 aliphatic heterocycles. The third kappa shape index (κ3) is 5.33. The first-order chi connectivity index (χ1) is 15.9. The normalized spacial score (nSPS) is 10.4. The van der Waals surface area contributed by atoms with Crippen LogP contribution in [0.25, 0.3) is 0 Å². The molecule has 0 atom stereocenters. The second kappa shape index (κ2) is 10.7. The van der Waals surface area contributed by atoms with Crippen LogP contribution in [0.3, 0.4) is 0 Å². The molecule has 7 nitrogen and oxygen atoms in total. The number of nitrogens with one attached hydrogen (secondary N) is 1. The van der Waals surface area contributed by atoms with Crippen LogP contribution >= 0.6 is 11.8 Å². The van der Waals surface area contributed by atoms with Crippen LogP contribution < -0.4 is 0 Å². The summed E-state index contributed by atoms with van der Waals surface area (Å²) in [5.74, 6) is -1.63. The maximum absolute atomic E-state index is 12.8. The van der Waals surface area contributed by atoms with Crippen molar-refractivity contribution in [3.05, 3.63) is 82.2 Å². The largest absolute Gasteiger partial charge is 0.462 e. The molecule has 0 aliphatic carbocycles. The van der Waals surface area contributed by atoms with Gasteiger partial charge in [0.1, 0.15) is 6.07 Å². The first-order valence-corrected chi connectivity index (χ1v) is 11.0. The predicted molar refractivity (Wildman–Crippen MR) is 123 cm³/mol. The fourth-order valence-electron chi connectivity index (χ4n) is 3.31. The standard InChI is InChI=1S/C25H22N2O5S/c1-4-31-25(30)22-15(2)23(27-16(22)3)19(28)14-32-24(29)18-10-6-8-12-21(18)33-20-11-7-5-9-17(20)13-26/h5-12,27H,4,14H2,1-3H3. The summed E-state index contributed by atoms with van der Waals surface area (Å²) in [5.41, 5.74) is 2.26. The van der Waals surface area contributed by atoms with E-state index in [1.165, 1.54) is 11.8 Å². The Bertz CT molecular complexity index is 1260. The van der Waals surface area contributed by atoms with Gasteiger partial charge in [0, 0.05) is 15.5 Å². The monoisotopic (exact) mass is 462 g/mol. The fraction of sp³-hybridized carbons (Fsp3) is 0.200. The van der Waals surface area contributed by atoms with Gasteiger partial charge in [0.15, 0.2) is 6.61 Å². The Balaban J connectivity index is 1.75. The Morgan fingerprint density at radius 3 is 2.33 bits per heavy atom. The van der Waals surface area contributed by atoms with Crippen LogP contribution in [0.5, 0.6) is 0 Å². The number of ether oxygens (including phenoxy) is 2. The minimum atomic E-state index is -0.660. The molecule has 3 rings (SSSR count). The van der Waals surface area contributed by atoms with E-state index in [-0.39, 0.29) is 17.9 Å². The summed E-state index contributed by atoms with van der Waals surface area (Å²) in [7, 11) is 0. The lowest BCUT2D eigenvalue weighted by molar-refractivity contribution is 0.0469. The van der Waals surface area contributed by atoms with Crippen LogP contribution in [0.2, 0.25) is 0 Å². The molecule has 0 bridgehead atoms. The number of aromatic nitrogens is 1. The van der Waals surface area contributed by atoms with E-state index in [2.05, 4.69) is 11.1 Å². The maximum atomic E-state index is 12.8. The summed E-state index contributed by atoms with van der Waals surface area (Å²) < 4.78 is 10.3. The highest BCUT2D eigenvalue weighted by Crippen LogP contribution is 2.33. The molecule has 1 heterocycles. The molecule has 0 spiro atoms. The third-order valence-electron chi connectivity index (χ3n) is 4.86. The molecule has 168 valence electrons. The van der Waals surface area contributed by atoms with Crippen molar-refractivity contribution in [2.45, 2.75) is 30.6 Å². The number of H-pyrrole nitrogens is 1. The summed E-state index contributed by atoms with van der Waals surface area (Å²) in [6, 6.07) is 16.0. The molecule has 0 aliphatic rings. The van der Waals surface area contributed by atoms with E-state index < -0.39 is 24.3 Å². The van der Waals surface area contributed by atoms with Gasteiger partial charge in [-0.3, -0.25) is 4.79 Å². The Morgan fingerprint density at radius 2 is 1.64 bits per heavy atom. The van der Waals surface area contributed by atoms with Gasteiger partial charge in [0.05, 0.1) is 29.0 Å². The zero-order chi connectivity index (χ0) is 24.0. The van der Waals surface area contributed by atoms with Crippen molar-refractivity contribution in [3.63, 3.8) is 0 Å². The first-order valence-electron chi connectivity index (χ1n) is 10.2. The Labute approximate surface area is 195 Å². The van der Waals surface area contributed by atoms with E-state index in [9.17, 15) is 19.6 Å². The highest BCUT2D eigenvalue weighted by Gasteiger charge is 2.24. The number of Topliss-reactive ketones (excluding diaryl/α,β-unsaturated/α-hetero) is 1. The quantitative estimate of drug-likeness (QED) is 0.376. The number of nitrogens with zero attached hydrogens (tertiary/aromatic N) is 1. The molecule has 0 amide bonds. The number of carbonyl (C=O) groups excluding carboxylic acids is 3. The summed E-state index contributed by atoms with van der Waals surface area (Å²) in [5, 5.41) is 9.31. The van der Waals surface area contributed by atoms with Crippen LogP contribution in [0, 0.1) is 25.2 Å². The zero-order valence-corrected chi connectivity index (χ0v) is 19.2. The van der Waals surface area contributed by atoms with Crippen molar-refractivity contribution < 1.29 is 23.9 Å². The molecule has 0 saturated carbocycles. The second-order valence-corrected chi connectivity index (χ2v) is 8.13. The van der Waals surface area contributed by atoms with Crippen molar-refractivity contribution >= 4 is 29.5 Å². The molecule has 0 radical (unpaired) electrons. The molecule has 1 aromatic heterocycles. The molecule has 0 unspecified atom stereocenters. The van der Waals surface area contributed by atoms with Crippen molar-refractivity contribution in [2.75, 3.05) is 13.2 Å². The van der Waals surface area contributed by atoms with Gasteiger partial charge >= 0.3 is 11.9 Å². The number of aromatic amines is 1. The van der Waals surface area contributed by atoms with E-state index in [0.717, 1.165) is 0 Å². The van der Waals surface area contributed by atoms with Crippen molar-refractivity contribution in [1.82, 2.24) is 4.98 Å². The van der Waals surface area contributed by atoms with Crippen LogP contribution in [0.1, 0.15) is 54.9 Å². The molecule has 8 heteroatoms. The van der Waals surface area contributed by atoms with E-state index in [1.807, 2.05) is 6.07 Å². The van der Waals surface area contributed by atoms with Gasteiger partial charge in [-0.05, 0) is 50.6 Å². The van der Waals surface area contributed by atoms with Gasteiger partial charge in [-0.15, -0.1) is 0 Å². The molecule has 1 N–H and O–H groups in total. The van der Waals surface area contributed by atoms with Crippen LogP contribution in [0.4, 0.5) is 0 Å². The smallest absolute Gasteiger partial charge is 0.340 e. The van der Waals surface area contributed by atoms with Gasteiger partial charge < -0.3 is 14.5 Å². The number of rotatable bonds is 8. The topological polar surface area (TPSA) is 109 Å². The SMILES string of the molecule is CCOC(=O)c1c(C)[nH]c(C(=O)COC(=O)c2ccccc2Sc2ccccc2C#N)c1C. The number of hydrogen-bond acceptors (Lipinski definition) is 7. The number of hydrogen-bond donors (Lipinski definition) is 1. The van der Waals surface area contributed by atoms with Crippen LogP contribution in [-0.4, -0.2) is 35.9 Å². The summed E-state index contributed by atoms with van der Waals surface area (Å²) in [6.07, 6.45) is 0. The zero-order valence-electron chi connectivity index (χ0n) is 18.4. The summed E-state index contributed by atoms with van der Waals surface area (Å²) >= 11 is 1.27. The summed E-state index contributed by atoms with van der Waals surface area (Å²) in [6.45, 7) is 4.75. The van der Waals surface area contributed by atoms with Crippen LogP contribution in [0.15, 0.2) is 58.3 Å². The fourth-order valence-corrected chi connectivity index (χ4v) is 4.33. The van der Waals surface area contributed by atoms with Crippen molar-refractivity contribution in [1.29, 1.82) is 5.26 Å². The highest BCUT2D eigenvalue weighted by molar-refractivity contribution is 7.99.